The maximum Gasteiger partial charge on any atom is 0.123 e. The third kappa shape index (κ3) is 4.27. The van der Waals surface area contributed by atoms with Crippen LogP contribution in [0.3, 0.4) is 0 Å². The summed E-state index contributed by atoms with van der Waals surface area (Å²) in [7, 11) is 1.76. The van der Waals surface area contributed by atoms with Crippen LogP contribution in [0.5, 0.6) is 0 Å². The predicted molar refractivity (Wildman–Crippen MR) is 112 cm³/mol. The Balaban J connectivity index is 1.50. The summed E-state index contributed by atoms with van der Waals surface area (Å²) >= 11 is 0. The number of methoxy groups -OCH3 is 1. The summed E-state index contributed by atoms with van der Waals surface area (Å²) in [5, 5.41) is 1.24. The average Bonchev–Trinajstić information content (AvgIpc) is 3.10. The molecule has 1 saturated heterocycles. The molecular weight excluding hydrogens is 353 g/mol. The number of hydrogen-bond donors (Lipinski definition) is 1. The first kappa shape index (κ1) is 19.1. The van der Waals surface area contributed by atoms with Crippen LogP contribution in [-0.4, -0.2) is 67.8 Å². The van der Waals surface area contributed by atoms with Gasteiger partial charge in [0, 0.05) is 68.5 Å². The molecule has 4 nitrogen and oxygen atoms in total. The first-order valence-electron chi connectivity index (χ1n) is 10.0. The molecule has 0 bridgehead atoms. The average molecular weight is 381 g/mol. The van der Waals surface area contributed by atoms with Crippen LogP contribution in [0.15, 0.2) is 48.5 Å². The van der Waals surface area contributed by atoms with E-state index >= 15 is 0 Å². The Morgan fingerprint density at radius 3 is 2.46 bits per heavy atom. The molecule has 3 aromatic rings. The Labute approximate surface area is 165 Å². The summed E-state index contributed by atoms with van der Waals surface area (Å²) < 4.78 is 19.0. The SMILES string of the molecule is COCCN1CCN(CCc2c(-c3cccc(F)c3)[nH]c3ccccc23)CC1. The number of aromatic amines is 1. The van der Waals surface area contributed by atoms with Crippen LogP contribution >= 0.6 is 0 Å². The van der Waals surface area contributed by atoms with Gasteiger partial charge in [-0.25, -0.2) is 4.39 Å². The number of ether oxygens (including phenoxy) is 1. The Hall–Kier alpha value is -2.21. The van der Waals surface area contributed by atoms with Gasteiger partial charge < -0.3 is 14.6 Å². The van der Waals surface area contributed by atoms with E-state index in [1.807, 2.05) is 12.1 Å². The lowest BCUT2D eigenvalue weighted by molar-refractivity contribution is 0.0976. The smallest absolute Gasteiger partial charge is 0.123 e. The lowest BCUT2D eigenvalue weighted by atomic mass is 10.0. The zero-order chi connectivity index (χ0) is 19.3. The van der Waals surface area contributed by atoms with Crippen molar-refractivity contribution in [2.24, 2.45) is 0 Å². The number of aromatic nitrogens is 1. The van der Waals surface area contributed by atoms with E-state index in [2.05, 4.69) is 33.0 Å². The van der Waals surface area contributed by atoms with Gasteiger partial charge in [0.05, 0.1) is 6.61 Å². The third-order valence-electron chi connectivity index (χ3n) is 5.68. The second-order valence-corrected chi connectivity index (χ2v) is 7.46. The molecule has 0 saturated carbocycles. The molecule has 148 valence electrons. The van der Waals surface area contributed by atoms with E-state index in [1.54, 1.807) is 19.2 Å². The number of hydrogen-bond acceptors (Lipinski definition) is 3. The van der Waals surface area contributed by atoms with Crippen molar-refractivity contribution in [1.82, 2.24) is 14.8 Å². The van der Waals surface area contributed by atoms with Gasteiger partial charge in [0.25, 0.3) is 0 Å². The van der Waals surface area contributed by atoms with E-state index in [1.165, 1.54) is 17.0 Å². The molecule has 5 heteroatoms. The highest BCUT2D eigenvalue weighted by atomic mass is 19.1. The molecule has 1 aliphatic heterocycles. The molecule has 2 heterocycles. The fraction of sp³-hybridized carbons (Fsp3) is 0.391. The standard InChI is InChI=1S/C23H28FN3O/c1-28-16-15-27-13-11-26(12-14-27)10-9-21-20-7-2-3-8-22(20)25-23(21)18-5-4-6-19(24)17-18/h2-8,17,25H,9-16H2,1H3. The van der Waals surface area contributed by atoms with Gasteiger partial charge in [0.15, 0.2) is 0 Å². The summed E-state index contributed by atoms with van der Waals surface area (Å²) in [4.78, 5) is 8.51. The van der Waals surface area contributed by atoms with Crippen molar-refractivity contribution in [2.45, 2.75) is 6.42 Å². The molecule has 4 rings (SSSR count). The first-order valence-corrected chi connectivity index (χ1v) is 10.0. The van der Waals surface area contributed by atoms with Crippen LogP contribution in [0.2, 0.25) is 0 Å². The van der Waals surface area contributed by atoms with Crippen LogP contribution in [-0.2, 0) is 11.2 Å². The van der Waals surface area contributed by atoms with E-state index < -0.39 is 0 Å². The second kappa shape index (κ2) is 8.86. The molecule has 1 aliphatic rings. The zero-order valence-electron chi connectivity index (χ0n) is 16.5. The molecular formula is C23H28FN3O. The largest absolute Gasteiger partial charge is 0.383 e. The summed E-state index contributed by atoms with van der Waals surface area (Å²) in [5.74, 6) is -0.200. The van der Waals surface area contributed by atoms with Crippen molar-refractivity contribution in [3.8, 4) is 11.3 Å². The highest BCUT2D eigenvalue weighted by Crippen LogP contribution is 2.31. The van der Waals surface area contributed by atoms with E-state index in [9.17, 15) is 4.39 Å². The normalized spacial score (nSPS) is 16.1. The molecule has 1 N–H and O–H groups in total. The molecule has 2 aromatic carbocycles. The number of H-pyrrole nitrogens is 1. The van der Waals surface area contributed by atoms with Crippen molar-refractivity contribution in [2.75, 3.05) is 53.0 Å². The fourth-order valence-electron chi connectivity index (χ4n) is 4.08. The minimum Gasteiger partial charge on any atom is -0.383 e. The quantitative estimate of drug-likeness (QED) is 0.676. The molecule has 0 spiro atoms. The number of benzene rings is 2. The van der Waals surface area contributed by atoms with Crippen molar-refractivity contribution in [3.05, 3.63) is 59.9 Å². The van der Waals surface area contributed by atoms with Crippen molar-refractivity contribution in [1.29, 1.82) is 0 Å². The number of piperazine rings is 1. The Morgan fingerprint density at radius 2 is 1.71 bits per heavy atom. The van der Waals surface area contributed by atoms with Crippen LogP contribution in [0, 0.1) is 5.82 Å². The van der Waals surface area contributed by atoms with Crippen molar-refractivity contribution < 1.29 is 9.13 Å². The lowest BCUT2D eigenvalue weighted by Gasteiger charge is -2.34. The van der Waals surface area contributed by atoms with Gasteiger partial charge >= 0.3 is 0 Å². The van der Waals surface area contributed by atoms with Gasteiger partial charge in [-0.3, -0.25) is 4.90 Å². The molecule has 1 fully saturated rings. The van der Waals surface area contributed by atoms with Crippen LogP contribution in [0.25, 0.3) is 22.2 Å². The van der Waals surface area contributed by atoms with Gasteiger partial charge in [-0.2, -0.15) is 0 Å². The van der Waals surface area contributed by atoms with Crippen LogP contribution in [0.1, 0.15) is 5.56 Å². The number of nitrogens with one attached hydrogen (secondary N) is 1. The number of nitrogens with zero attached hydrogens (tertiary/aromatic N) is 2. The summed E-state index contributed by atoms with van der Waals surface area (Å²) in [6, 6.07) is 15.2. The van der Waals surface area contributed by atoms with Crippen molar-refractivity contribution in [3.63, 3.8) is 0 Å². The van der Waals surface area contributed by atoms with E-state index in [0.717, 1.165) is 69.1 Å². The van der Waals surface area contributed by atoms with Gasteiger partial charge in [0.1, 0.15) is 5.82 Å². The summed E-state index contributed by atoms with van der Waals surface area (Å²) in [6.07, 6.45) is 0.952. The summed E-state index contributed by atoms with van der Waals surface area (Å²) in [6.45, 7) is 7.18. The lowest BCUT2D eigenvalue weighted by Crippen LogP contribution is -2.47. The maximum absolute atomic E-state index is 13.8. The molecule has 0 aliphatic carbocycles. The van der Waals surface area contributed by atoms with Crippen LogP contribution in [0.4, 0.5) is 4.39 Å². The zero-order valence-corrected chi connectivity index (χ0v) is 16.5. The molecule has 0 unspecified atom stereocenters. The Kier molecular flexibility index (Phi) is 6.05. The number of halogens is 1. The molecule has 28 heavy (non-hydrogen) atoms. The Bertz CT molecular complexity index is 915. The minimum absolute atomic E-state index is 0.200. The molecule has 0 radical (unpaired) electrons. The number of rotatable bonds is 7. The van der Waals surface area contributed by atoms with Crippen LogP contribution < -0.4 is 0 Å². The van der Waals surface area contributed by atoms with E-state index in [-0.39, 0.29) is 5.82 Å². The van der Waals surface area contributed by atoms with Gasteiger partial charge in [-0.15, -0.1) is 0 Å². The highest BCUT2D eigenvalue weighted by Gasteiger charge is 2.18. The second-order valence-electron chi connectivity index (χ2n) is 7.46. The number of para-hydroxylation sites is 1. The monoisotopic (exact) mass is 381 g/mol. The maximum atomic E-state index is 13.8. The van der Waals surface area contributed by atoms with Gasteiger partial charge in [-0.1, -0.05) is 30.3 Å². The topological polar surface area (TPSA) is 31.5 Å². The predicted octanol–water partition coefficient (Wildman–Crippen LogP) is 3.78. The van der Waals surface area contributed by atoms with Crippen molar-refractivity contribution >= 4 is 10.9 Å². The molecule has 1 aromatic heterocycles. The first-order chi connectivity index (χ1) is 13.7. The van der Waals surface area contributed by atoms with E-state index in [0.29, 0.717) is 0 Å². The summed E-state index contributed by atoms with van der Waals surface area (Å²) in [5.41, 5.74) is 4.35. The fourth-order valence-corrected chi connectivity index (χ4v) is 4.08. The number of fused-ring (bicyclic) bond motifs is 1. The minimum atomic E-state index is -0.200. The van der Waals surface area contributed by atoms with E-state index in [4.69, 9.17) is 4.74 Å². The van der Waals surface area contributed by atoms with Gasteiger partial charge in [-0.05, 0) is 30.2 Å². The molecule has 0 amide bonds. The highest BCUT2D eigenvalue weighted by molar-refractivity contribution is 5.90. The third-order valence-corrected chi connectivity index (χ3v) is 5.68. The van der Waals surface area contributed by atoms with Gasteiger partial charge in [0.2, 0.25) is 0 Å². The Morgan fingerprint density at radius 1 is 0.964 bits per heavy atom. The molecule has 0 atom stereocenters.